The SMILES string of the molecule is Cc1ccc(C(=O)CCC(=O)N2CCC(NS(=O)(=O)c3cccs3)CC2)cc1C. The molecular weight excluding hydrogens is 408 g/mol. The standard InChI is InChI=1S/C21H26N2O4S2/c1-15-5-6-17(14-16(15)2)19(24)7-8-20(25)23-11-9-18(10-12-23)22-29(26,27)21-4-3-13-28-21/h3-6,13-14,18,22H,7-12H2,1-2H3. The Morgan fingerprint density at radius 1 is 1.10 bits per heavy atom. The summed E-state index contributed by atoms with van der Waals surface area (Å²) >= 11 is 1.19. The number of ketones is 1. The van der Waals surface area contributed by atoms with Gasteiger partial charge in [0.25, 0.3) is 0 Å². The van der Waals surface area contributed by atoms with Gasteiger partial charge >= 0.3 is 0 Å². The minimum atomic E-state index is -3.49. The second kappa shape index (κ2) is 9.19. The van der Waals surface area contributed by atoms with Crippen LogP contribution in [0, 0.1) is 13.8 Å². The number of sulfonamides is 1. The van der Waals surface area contributed by atoms with Crippen LogP contribution in [0.15, 0.2) is 39.9 Å². The molecule has 0 saturated carbocycles. The van der Waals surface area contributed by atoms with Gasteiger partial charge in [0.1, 0.15) is 4.21 Å². The number of piperidine rings is 1. The maximum absolute atomic E-state index is 12.5. The monoisotopic (exact) mass is 434 g/mol. The Hall–Kier alpha value is -2.03. The first-order valence-corrected chi connectivity index (χ1v) is 12.1. The molecule has 6 nitrogen and oxygen atoms in total. The molecule has 0 spiro atoms. The van der Waals surface area contributed by atoms with Crippen molar-refractivity contribution in [1.82, 2.24) is 9.62 Å². The second-order valence-electron chi connectivity index (χ2n) is 7.43. The fraction of sp³-hybridized carbons (Fsp3) is 0.429. The number of carbonyl (C=O) groups excluding carboxylic acids is 2. The van der Waals surface area contributed by atoms with Gasteiger partial charge in [-0.1, -0.05) is 18.2 Å². The lowest BCUT2D eigenvalue weighted by Gasteiger charge is -2.32. The Kier molecular flexibility index (Phi) is 6.87. The van der Waals surface area contributed by atoms with E-state index in [0.717, 1.165) is 11.1 Å². The molecule has 1 aromatic carbocycles. The van der Waals surface area contributed by atoms with E-state index in [9.17, 15) is 18.0 Å². The Morgan fingerprint density at radius 3 is 2.45 bits per heavy atom. The molecule has 0 unspecified atom stereocenters. The van der Waals surface area contributed by atoms with Gasteiger partial charge in [0.2, 0.25) is 15.9 Å². The van der Waals surface area contributed by atoms with Gasteiger partial charge in [0.05, 0.1) is 0 Å². The molecule has 1 fully saturated rings. The smallest absolute Gasteiger partial charge is 0.250 e. The predicted octanol–water partition coefficient (Wildman–Crippen LogP) is 3.30. The van der Waals surface area contributed by atoms with Crippen LogP contribution in [0.4, 0.5) is 0 Å². The van der Waals surface area contributed by atoms with Crippen molar-refractivity contribution in [2.75, 3.05) is 13.1 Å². The van der Waals surface area contributed by atoms with Crippen molar-refractivity contribution in [2.24, 2.45) is 0 Å². The zero-order valence-electron chi connectivity index (χ0n) is 16.7. The van der Waals surface area contributed by atoms with E-state index >= 15 is 0 Å². The number of hydrogen-bond acceptors (Lipinski definition) is 5. The van der Waals surface area contributed by atoms with E-state index in [2.05, 4.69) is 4.72 Å². The first kappa shape index (κ1) is 21.7. The van der Waals surface area contributed by atoms with Gasteiger partial charge in [0.15, 0.2) is 5.78 Å². The third kappa shape index (κ3) is 5.52. The summed E-state index contributed by atoms with van der Waals surface area (Å²) in [7, 11) is -3.49. The van der Waals surface area contributed by atoms with Crippen molar-refractivity contribution in [3.63, 3.8) is 0 Å². The fourth-order valence-corrected chi connectivity index (χ4v) is 5.69. The lowest BCUT2D eigenvalue weighted by Crippen LogP contribution is -2.46. The first-order chi connectivity index (χ1) is 13.8. The number of rotatable bonds is 7. The Labute approximate surface area is 176 Å². The summed E-state index contributed by atoms with van der Waals surface area (Å²) in [6.45, 7) is 4.95. The van der Waals surface area contributed by atoms with E-state index in [1.54, 1.807) is 28.5 Å². The number of benzene rings is 1. The highest BCUT2D eigenvalue weighted by atomic mass is 32.2. The average molecular weight is 435 g/mol. The number of Topliss-reactive ketones (excluding diaryl/α,β-unsaturated/α-hetero) is 1. The molecule has 2 heterocycles. The van der Waals surface area contributed by atoms with Crippen LogP contribution in [0.5, 0.6) is 0 Å². The van der Waals surface area contributed by atoms with Crippen LogP contribution < -0.4 is 4.72 Å². The van der Waals surface area contributed by atoms with Gasteiger partial charge in [-0.3, -0.25) is 9.59 Å². The van der Waals surface area contributed by atoms with Gasteiger partial charge in [-0.25, -0.2) is 13.1 Å². The maximum Gasteiger partial charge on any atom is 0.250 e. The van der Waals surface area contributed by atoms with Crippen LogP contribution in [0.25, 0.3) is 0 Å². The van der Waals surface area contributed by atoms with Gasteiger partial charge in [-0.05, 0) is 55.3 Å². The number of aryl methyl sites for hydroxylation is 2. The van der Waals surface area contributed by atoms with E-state index in [0.29, 0.717) is 35.7 Å². The van der Waals surface area contributed by atoms with Crippen molar-refractivity contribution >= 4 is 33.1 Å². The quantitative estimate of drug-likeness (QED) is 0.678. The molecule has 29 heavy (non-hydrogen) atoms. The fourth-order valence-electron chi connectivity index (χ4n) is 3.38. The number of amides is 1. The van der Waals surface area contributed by atoms with Gasteiger partial charge < -0.3 is 4.90 Å². The summed E-state index contributed by atoms with van der Waals surface area (Å²) < 4.78 is 27.7. The molecule has 0 bridgehead atoms. The zero-order chi connectivity index (χ0) is 21.0. The number of likely N-dealkylation sites (tertiary alicyclic amines) is 1. The van der Waals surface area contributed by atoms with E-state index in [-0.39, 0.29) is 30.6 Å². The molecule has 1 aliphatic heterocycles. The van der Waals surface area contributed by atoms with E-state index < -0.39 is 10.0 Å². The number of hydrogen-bond donors (Lipinski definition) is 1. The highest BCUT2D eigenvalue weighted by Gasteiger charge is 2.27. The normalized spacial score (nSPS) is 15.4. The zero-order valence-corrected chi connectivity index (χ0v) is 18.3. The molecule has 0 atom stereocenters. The lowest BCUT2D eigenvalue weighted by molar-refractivity contribution is -0.132. The van der Waals surface area contributed by atoms with E-state index in [1.165, 1.54) is 11.3 Å². The van der Waals surface area contributed by atoms with Gasteiger partial charge in [0, 0.05) is 37.5 Å². The van der Waals surface area contributed by atoms with Crippen molar-refractivity contribution in [1.29, 1.82) is 0 Å². The summed E-state index contributed by atoms with van der Waals surface area (Å²) in [5.74, 6) is -0.0817. The molecule has 156 valence electrons. The molecule has 1 aliphatic rings. The van der Waals surface area contributed by atoms with Crippen molar-refractivity contribution < 1.29 is 18.0 Å². The molecule has 3 rings (SSSR count). The highest BCUT2D eigenvalue weighted by Crippen LogP contribution is 2.19. The van der Waals surface area contributed by atoms with Gasteiger partial charge in [-0.2, -0.15) is 0 Å². The first-order valence-electron chi connectivity index (χ1n) is 9.70. The summed E-state index contributed by atoms with van der Waals surface area (Å²) in [5, 5.41) is 1.73. The summed E-state index contributed by atoms with van der Waals surface area (Å²) in [5.41, 5.74) is 2.84. The maximum atomic E-state index is 12.5. The van der Waals surface area contributed by atoms with Crippen molar-refractivity contribution in [3.8, 4) is 0 Å². The minimum absolute atomic E-state index is 0.0277. The number of nitrogens with one attached hydrogen (secondary N) is 1. The van der Waals surface area contributed by atoms with Crippen LogP contribution in [-0.2, 0) is 14.8 Å². The van der Waals surface area contributed by atoms with Crippen LogP contribution in [0.2, 0.25) is 0 Å². The Bertz CT molecular complexity index is 976. The molecule has 1 N–H and O–H groups in total. The van der Waals surface area contributed by atoms with E-state index in [1.807, 2.05) is 26.0 Å². The van der Waals surface area contributed by atoms with Crippen LogP contribution in [0.3, 0.4) is 0 Å². The van der Waals surface area contributed by atoms with Crippen molar-refractivity contribution in [2.45, 2.75) is 49.8 Å². The Balaban J connectivity index is 1.46. The molecule has 1 saturated heterocycles. The third-order valence-corrected chi connectivity index (χ3v) is 8.24. The third-order valence-electron chi connectivity index (χ3n) is 5.32. The van der Waals surface area contributed by atoms with Gasteiger partial charge in [-0.15, -0.1) is 11.3 Å². The topological polar surface area (TPSA) is 83.6 Å². The van der Waals surface area contributed by atoms with E-state index in [4.69, 9.17) is 0 Å². The number of carbonyl (C=O) groups is 2. The molecule has 0 aliphatic carbocycles. The van der Waals surface area contributed by atoms with Crippen LogP contribution in [-0.4, -0.2) is 44.1 Å². The second-order valence-corrected chi connectivity index (χ2v) is 10.3. The molecule has 1 amide bonds. The molecule has 1 aromatic heterocycles. The van der Waals surface area contributed by atoms with Crippen LogP contribution >= 0.6 is 11.3 Å². The Morgan fingerprint density at radius 2 is 1.83 bits per heavy atom. The highest BCUT2D eigenvalue weighted by molar-refractivity contribution is 7.91. The molecule has 2 aromatic rings. The molecular formula is C21H26N2O4S2. The molecule has 0 radical (unpaired) electrons. The summed E-state index contributed by atoms with van der Waals surface area (Å²) in [4.78, 5) is 26.6. The minimum Gasteiger partial charge on any atom is -0.343 e. The number of thiophene rings is 1. The summed E-state index contributed by atoms with van der Waals surface area (Å²) in [6, 6.07) is 8.71. The lowest BCUT2D eigenvalue weighted by atomic mass is 10.0. The molecule has 8 heteroatoms. The number of nitrogens with zero attached hydrogens (tertiary/aromatic N) is 1. The van der Waals surface area contributed by atoms with Crippen molar-refractivity contribution in [3.05, 3.63) is 52.4 Å². The largest absolute Gasteiger partial charge is 0.343 e. The average Bonchev–Trinajstić information content (AvgIpc) is 3.24. The summed E-state index contributed by atoms with van der Waals surface area (Å²) in [6.07, 6.45) is 1.51. The predicted molar refractivity (Wildman–Crippen MR) is 114 cm³/mol. The van der Waals surface area contributed by atoms with Crippen LogP contribution in [0.1, 0.15) is 47.2 Å².